The highest BCUT2D eigenvalue weighted by molar-refractivity contribution is 9.12. The fourth-order valence-electron chi connectivity index (χ4n) is 5.00. The third kappa shape index (κ3) is 3.70. The molecule has 1 heterocycles. The Morgan fingerprint density at radius 1 is 1.10 bits per heavy atom. The maximum atomic E-state index is 12.8. The van der Waals surface area contributed by atoms with Crippen LogP contribution in [-0.2, 0) is 23.9 Å². The molecule has 1 saturated heterocycles. The SMILES string of the molecule is C[C@H](NC(=O)COC(=O)CN1C(=O)[C@@H]2[C@H]3C[C@@H]([C@H](Br)[C@H]3Br)[C@H]2C1=O)c1ccccc1. The van der Waals surface area contributed by atoms with Crippen LogP contribution in [0.3, 0.4) is 0 Å². The van der Waals surface area contributed by atoms with E-state index < -0.39 is 25.0 Å². The molecule has 2 bridgehead atoms. The van der Waals surface area contributed by atoms with E-state index in [4.69, 9.17) is 4.74 Å². The van der Waals surface area contributed by atoms with E-state index in [0.717, 1.165) is 16.9 Å². The number of fused-ring (bicyclic) bond motifs is 5. The zero-order valence-corrected chi connectivity index (χ0v) is 19.5. The smallest absolute Gasteiger partial charge is 0.326 e. The Bertz CT molecular complexity index is 847. The maximum absolute atomic E-state index is 12.8. The van der Waals surface area contributed by atoms with Gasteiger partial charge in [-0.2, -0.15) is 0 Å². The lowest BCUT2D eigenvalue weighted by molar-refractivity contribution is -0.155. The van der Waals surface area contributed by atoms with Gasteiger partial charge in [0.25, 0.3) is 5.91 Å². The maximum Gasteiger partial charge on any atom is 0.326 e. The molecule has 3 amide bonds. The van der Waals surface area contributed by atoms with Crippen molar-refractivity contribution in [2.24, 2.45) is 23.7 Å². The standard InChI is InChI=1S/C21H22Br2N2O5/c1-10(11-5-3-2-4-6-11)24-14(26)9-30-15(27)8-25-20(28)16-12-7-13(17(16)21(25)29)19(23)18(12)22/h2-6,10,12-13,16-19H,7-9H2,1H3,(H,24,26)/t10-,12+,13+,16+,17+,18-,19-/m0/s1. The number of esters is 1. The van der Waals surface area contributed by atoms with Gasteiger partial charge < -0.3 is 10.1 Å². The summed E-state index contributed by atoms with van der Waals surface area (Å²) >= 11 is 7.26. The molecule has 3 aliphatic rings. The highest BCUT2D eigenvalue weighted by Crippen LogP contribution is 2.60. The monoisotopic (exact) mass is 540 g/mol. The quantitative estimate of drug-likeness (QED) is 0.338. The van der Waals surface area contributed by atoms with Crippen molar-refractivity contribution in [3.63, 3.8) is 0 Å². The second-order valence-corrected chi connectivity index (χ2v) is 10.2. The van der Waals surface area contributed by atoms with E-state index in [9.17, 15) is 19.2 Å². The largest absolute Gasteiger partial charge is 0.454 e. The predicted molar refractivity (Wildman–Crippen MR) is 115 cm³/mol. The molecule has 160 valence electrons. The normalized spacial score (nSPS) is 32.8. The molecule has 2 saturated carbocycles. The second kappa shape index (κ2) is 8.42. The number of nitrogens with zero attached hydrogens (tertiary/aromatic N) is 1. The lowest BCUT2D eigenvalue weighted by Crippen LogP contribution is -2.39. The van der Waals surface area contributed by atoms with Crippen LogP contribution in [0.4, 0.5) is 0 Å². The number of carbonyl (C=O) groups excluding carboxylic acids is 4. The lowest BCUT2D eigenvalue weighted by Gasteiger charge is -2.28. The molecule has 3 fully saturated rings. The molecule has 1 N–H and O–H groups in total. The van der Waals surface area contributed by atoms with Crippen molar-refractivity contribution in [2.75, 3.05) is 13.2 Å². The van der Waals surface area contributed by atoms with Crippen LogP contribution in [0.2, 0.25) is 0 Å². The number of nitrogens with one attached hydrogen (secondary N) is 1. The molecule has 1 aliphatic heterocycles. The van der Waals surface area contributed by atoms with Gasteiger partial charge in [-0.25, -0.2) is 0 Å². The zero-order chi connectivity index (χ0) is 21.6. The molecule has 0 spiro atoms. The summed E-state index contributed by atoms with van der Waals surface area (Å²) in [5.41, 5.74) is 0.932. The van der Waals surface area contributed by atoms with Gasteiger partial charge in [-0.15, -0.1) is 0 Å². The first-order chi connectivity index (χ1) is 14.3. The average molecular weight is 542 g/mol. The highest BCUT2D eigenvalue weighted by Gasteiger charge is 2.66. The third-order valence-electron chi connectivity index (χ3n) is 6.41. The van der Waals surface area contributed by atoms with E-state index >= 15 is 0 Å². The second-order valence-electron chi connectivity index (χ2n) is 8.13. The van der Waals surface area contributed by atoms with E-state index in [0.29, 0.717) is 0 Å². The van der Waals surface area contributed by atoms with Crippen LogP contribution < -0.4 is 5.32 Å². The number of rotatable bonds is 6. The Hall–Kier alpha value is -1.74. The van der Waals surface area contributed by atoms with Crippen molar-refractivity contribution >= 4 is 55.6 Å². The van der Waals surface area contributed by atoms with E-state index in [1.165, 1.54) is 0 Å². The summed E-state index contributed by atoms with van der Waals surface area (Å²) in [6.45, 7) is 0.917. The molecule has 1 aromatic rings. The van der Waals surface area contributed by atoms with Crippen LogP contribution in [0.15, 0.2) is 30.3 Å². The average Bonchev–Trinajstić information content (AvgIpc) is 3.34. The molecule has 0 unspecified atom stereocenters. The Balaban J connectivity index is 1.29. The first-order valence-corrected chi connectivity index (χ1v) is 11.8. The lowest BCUT2D eigenvalue weighted by atomic mass is 9.81. The zero-order valence-electron chi connectivity index (χ0n) is 16.3. The number of amides is 3. The minimum Gasteiger partial charge on any atom is -0.454 e. The van der Waals surface area contributed by atoms with Gasteiger partial charge in [0.2, 0.25) is 11.8 Å². The fourth-order valence-corrected chi connectivity index (χ4v) is 6.87. The van der Waals surface area contributed by atoms with Crippen LogP contribution in [0, 0.1) is 23.7 Å². The summed E-state index contributed by atoms with van der Waals surface area (Å²) < 4.78 is 5.02. The summed E-state index contributed by atoms with van der Waals surface area (Å²) in [5, 5.41) is 2.75. The number of carbonyl (C=O) groups is 4. The fraction of sp³-hybridized carbons (Fsp3) is 0.524. The van der Waals surface area contributed by atoms with Crippen molar-refractivity contribution in [1.29, 1.82) is 0 Å². The van der Waals surface area contributed by atoms with Gasteiger partial charge in [0, 0.05) is 9.65 Å². The first-order valence-electron chi connectivity index (χ1n) is 9.93. The first kappa shape index (κ1) is 21.5. The Morgan fingerprint density at radius 2 is 1.67 bits per heavy atom. The third-order valence-corrected chi connectivity index (χ3v) is 9.61. The molecule has 0 aromatic heterocycles. The molecule has 1 aromatic carbocycles. The Morgan fingerprint density at radius 3 is 2.23 bits per heavy atom. The summed E-state index contributed by atoms with van der Waals surface area (Å²) in [6.07, 6.45) is 0.830. The van der Waals surface area contributed by atoms with E-state index in [1.54, 1.807) is 0 Å². The number of alkyl halides is 2. The van der Waals surface area contributed by atoms with E-state index in [2.05, 4.69) is 37.2 Å². The summed E-state index contributed by atoms with van der Waals surface area (Å²) in [5.74, 6) is -2.39. The number of hydrogen-bond donors (Lipinski definition) is 1. The summed E-state index contributed by atoms with van der Waals surface area (Å²) in [4.78, 5) is 51.2. The van der Waals surface area contributed by atoms with Gasteiger partial charge in [0.15, 0.2) is 6.61 Å². The minimum absolute atomic E-state index is 0.0899. The molecular weight excluding hydrogens is 520 g/mol. The van der Waals surface area contributed by atoms with Gasteiger partial charge >= 0.3 is 5.97 Å². The van der Waals surface area contributed by atoms with Gasteiger partial charge in [-0.3, -0.25) is 24.1 Å². The van der Waals surface area contributed by atoms with E-state index in [-0.39, 0.29) is 51.2 Å². The van der Waals surface area contributed by atoms with E-state index in [1.807, 2.05) is 37.3 Å². The highest BCUT2D eigenvalue weighted by atomic mass is 79.9. The van der Waals surface area contributed by atoms with Crippen molar-refractivity contribution in [2.45, 2.75) is 29.0 Å². The van der Waals surface area contributed by atoms with Gasteiger partial charge in [0.1, 0.15) is 6.54 Å². The molecule has 30 heavy (non-hydrogen) atoms. The van der Waals surface area contributed by atoms with Crippen LogP contribution in [-0.4, -0.2) is 51.4 Å². The number of benzene rings is 1. The van der Waals surface area contributed by atoms with Crippen LogP contribution in [0.1, 0.15) is 24.9 Å². The summed E-state index contributed by atoms with van der Waals surface area (Å²) in [6, 6.07) is 9.18. The molecule has 0 radical (unpaired) electrons. The predicted octanol–water partition coefficient (Wildman–Crippen LogP) is 2.18. The Labute approximate surface area is 191 Å². The Kier molecular flexibility index (Phi) is 6.03. The van der Waals surface area contributed by atoms with Crippen molar-refractivity contribution in [3.8, 4) is 0 Å². The van der Waals surface area contributed by atoms with Gasteiger partial charge in [0.05, 0.1) is 17.9 Å². The van der Waals surface area contributed by atoms with Crippen molar-refractivity contribution in [1.82, 2.24) is 10.2 Å². The molecule has 7 nitrogen and oxygen atoms in total. The number of hydrogen-bond acceptors (Lipinski definition) is 5. The molecule has 7 atom stereocenters. The van der Waals surface area contributed by atoms with Gasteiger partial charge in [-0.1, -0.05) is 62.2 Å². The van der Waals surface area contributed by atoms with Crippen LogP contribution in [0.25, 0.3) is 0 Å². The van der Waals surface area contributed by atoms with Crippen molar-refractivity contribution in [3.05, 3.63) is 35.9 Å². The number of imide groups is 1. The molecule has 4 rings (SSSR count). The van der Waals surface area contributed by atoms with Gasteiger partial charge in [-0.05, 0) is 30.7 Å². The number of halogens is 2. The molecule has 2 aliphatic carbocycles. The van der Waals surface area contributed by atoms with Crippen LogP contribution >= 0.6 is 31.9 Å². The number of likely N-dealkylation sites (tertiary alicyclic amines) is 1. The molecule has 9 heteroatoms. The minimum atomic E-state index is -0.766. The van der Waals surface area contributed by atoms with Crippen molar-refractivity contribution < 1.29 is 23.9 Å². The number of ether oxygens (including phenoxy) is 1. The summed E-state index contributed by atoms with van der Waals surface area (Å²) in [7, 11) is 0. The topological polar surface area (TPSA) is 92.8 Å². The van der Waals surface area contributed by atoms with Crippen LogP contribution in [0.5, 0.6) is 0 Å². The molecular formula is C21H22Br2N2O5.